The summed E-state index contributed by atoms with van der Waals surface area (Å²) in [5.74, 6) is 0.203. The van der Waals surface area contributed by atoms with Crippen molar-refractivity contribution >= 4 is 11.0 Å². The Bertz CT molecular complexity index is 699. The monoisotopic (exact) mass is 217 g/mol. The number of imidazole rings is 1. The van der Waals surface area contributed by atoms with Crippen LogP contribution < -0.4 is 11.4 Å². The van der Waals surface area contributed by atoms with E-state index in [2.05, 4.69) is 20.2 Å². The fraction of sp³-hybridized carbons (Fsp3) is 0. The van der Waals surface area contributed by atoms with Crippen LogP contribution in [0.25, 0.3) is 17.0 Å². The molecule has 3 rings (SSSR count). The van der Waals surface area contributed by atoms with E-state index in [0.717, 1.165) is 10.1 Å². The SMILES string of the molecule is O=c1[nH][nH]c(=O)n1-c1nc2ccccc2[nH]1. The van der Waals surface area contributed by atoms with Gasteiger partial charge in [0.25, 0.3) is 0 Å². The molecule has 2 heterocycles. The van der Waals surface area contributed by atoms with Gasteiger partial charge in [-0.3, -0.25) is 0 Å². The lowest BCUT2D eigenvalue weighted by atomic mass is 10.3. The number of fused-ring (bicyclic) bond motifs is 1. The average molecular weight is 217 g/mol. The Morgan fingerprint density at radius 3 is 2.44 bits per heavy atom. The molecule has 7 heteroatoms. The van der Waals surface area contributed by atoms with Crippen molar-refractivity contribution in [3.63, 3.8) is 0 Å². The van der Waals surface area contributed by atoms with Gasteiger partial charge in [-0.1, -0.05) is 12.1 Å². The van der Waals surface area contributed by atoms with Crippen LogP contribution >= 0.6 is 0 Å². The quantitative estimate of drug-likeness (QED) is 0.523. The van der Waals surface area contributed by atoms with Gasteiger partial charge in [-0.15, -0.1) is 0 Å². The van der Waals surface area contributed by atoms with E-state index in [9.17, 15) is 9.59 Å². The summed E-state index contributed by atoms with van der Waals surface area (Å²) in [4.78, 5) is 29.7. The molecule has 0 fully saturated rings. The lowest BCUT2D eigenvalue weighted by Crippen LogP contribution is -2.25. The van der Waals surface area contributed by atoms with Crippen LogP contribution in [0.15, 0.2) is 33.9 Å². The second kappa shape index (κ2) is 2.96. The third kappa shape index (κ3) is 1.11. The second-order valence-corrected chi connectivity index (χ2v) is 3.27. The minimum atomic E-state index is -0.552. The number of rotatable bonds is 1. The number of benzene rings is 1. The summed E-state index contributed by atoms with van der Waals surface area (Å²) < 4.78 is 0.903. The second-order valence-electron chi connectivity index (χ2n) is 3.27. The minimum absolute atomic E-state index is 0.203. The Balaban J connectivity index is 2.35. The first-order valence-corrected chi connectivity index (χ1v) is 4.60. The van der Waals surface area contributed by atoms with Gasteiger partial charge in [0.15, 0.2) is 0 Å². The molecule has 3 aromatic rings. The molecule has 2 aromatic heterocycles. The van der Waals surface area contributed by atoms with E-state index in [1.54, 1.807) is 6.07 Å². The van der Waals surface area contributed by atoms with Crippen molar-refractivity contribution in [1.29, 1.82) is 0 Å². The summed E-state index contributed by atoms with van der Waals surface area (Å²) in [5, 5.41) is 4.38. The Morgan fingerprint density at radius 1 is 1.06 bits per heavy atom. The van der Waals surface area contributed by atoms with Crippen LogP contribution in [0, 0.1) is 0 Å². The predicted molar refractivity (Wildman–Crippen MR) is 56.7 cm³/mol. The molecule has 7 nitrogen and oxygen atoms in total. The van der Waals surface area contributed by atoms with Crippen LogP contribution in [0.4, 0.5) is 0 Å². The normalized spacial score (nSPS) is 11.0. The van der Waals surface area contributed by atoms with E-state index in [-0.39, 0.29) is 5.95 Å². The lowest BCUT2D eigenvalue weighted by molar-refractivity contribution is 0.887. The van der Waals surface area contributed by atoms with Crippen molar-refractivity contribution in [1.82, 2.24) is 24.7 Å². The van der Waals surface area contributed by atoms with E-state index >= 15 is 0 Å². The number of nitrogens with one attached hydrogen (secondary N) is 3. The van der Waals surface area contributed by atoms with Crippen molar-refractivity contribution in [2.45, 2.75) is 0 Å². The maximum absolute atomic E-state index is 11.3. The van der Waals surface area contributed by atoms with Gasteiger partial charge in [-0.25, -0.2) is 24.8 Å². The molecule has 0 amide bonds. The van der Waals surface area contributed by atoms with Crippen molar-refractivity contribution in [3.05, 3.63) is 45.2 Å². The predicted octanol–water partition coefficient (Wildman–Crippen LogP) is -0.270. The van der Waals surface area contributed by atoms with E-state index in [1.165, 1.54) is 0 Å². The zero-order valence-electron chi connectivity index (χ0n) is 8.02. The number of aromatic nitrogens is 5. The number of H-pyrrole nitrogens is 3. The highest BCUT2D eigenvalue weighted by Crippen LogP contribution is 2.10. The first-order chi connectivity index (χ1) is 7.75. The molecule has 0 aliphatic heterocycles. The van der Waals surface area contributed by atoms with Crippen molar-refractivity contribution < 1.29 is 0 Å². The molecule has 0 radical (unpaired) electrons. The molecule has 1 aromatic carbocycles. The first kappa shape index (κ1) is 8.72. The van der Waals surface area contributed by atoms with Gasteiger partial charge in [0.2, 0.25) is 5.95 Å². The summed E-state index contributed by atoms with van der Waals surface area (Å²) in [7, 11) is 0. The number of hydrogen-bond acceptors (Lipinski definition) is 3. The molecule has 0 spiro atoms. The fourth-order valence-corrected chi connectivity index (χ4v) is 1.55. The molecule has 3 N–H and O–H groups in total. The molecular formula is C9H7N5O2. The van der Waals surface area contributed by atoms with E-state index in [0.29, 0.717) is 5.52 Å². The standard InChI is InChI=1S/C9H7N5O2/c15-8-12-13-9(16)14(8)7-10-5-3-1-2-4-6(5)11-7/h1-4H,(H,10,11)(H,12,15)(H,13,16). The molecule has 0 aliphatic rings. The third-order valence-electron chi connectivity index (χ3n) is 2.27. The van der Waals surface area contributed by atoms with Gasteiger partial charge in [-0.05, 0) is 12.1 Å². The van der Waals surface area contributed by atoms with Gasteiger partial charge in [0.05, 0.1) is 11.0 Å². The molecule has 0 bridgehead atoms. The summed E-state index contributed by atoms with van der Waals surface area (Å²) in [6.07, 6.45) is 0. The van der Waals surface area contributed by atoms with Gasteiger partial charge < -0.3 is 4.98 Å². The first-order valence-electron chi connectivity index (χ1n) is 4.60. The summed E-state index contributed by atoms with van der Waals surface area (Å²) in [6, 6.07) is 7.28. The largest absolute Gasteiger partial charge is 0.351 e. The van der Waals surface area contributed by atoms with Crippen molar-refractivity contribution in [2.24, 2.45) is 0 Å². The molecule has 80 valence electrons. The van der Waals surface area contributed by atoms with Crippen LogP contribution in [0.3, 0.4) is 0 Å². The van der Waals surface area contributed by atoms with Crippen molar-refractivity contribution in [2.75, 3.05) is 0 Å². The van der Waals surface area contributed by atoms with E-state index < -0.39 is 11.4 Å². The average Bonchev–Trinajstić information content (AvgIpc) is 2.82. The van der Waals surface area contributed by atoms with Gasteiger partial charge >= 0.3 is 11.4 Å². The Hall–Kier alpha value is -2.57. The zero-order chi connectivity index (χ0) is 11.1. The van der Waals surface area contributed by atoms with Crippen LogP contribution in [0.1, 0.15) is 0 Å². The third-order valence-corrected chi connectivity index (χ3v) is 2.27. The molecular weight excluding hydrogens is 210 g/mol. The zero-order valence-corrected chi connectivity index (χ0v) is 8.02. The Labute approximate surface area is 87.7 Å². The van der Waals surface area contributed by atoms with E-state index in [1.807, 2.05) is 18.2 Å². The maximum atomic E-state index is 11.3. The number of nitrogens with zero attached hydrogens (tertiary/aromatic N) is 2. The Kier molecular flexibility index (Phi) is 1.61. The van der Waals surface area contributed by atoms with Crippen molar-refractivity contribution in [3.8, 4) is 5.95 Å². The lowest BCUT2D eigenvalue weighted by Gasteiger charge is -1.89. The number of hydrogen-bond donors (Lipinski definition) is 3. The molecule has 0 aliphatic carbocycles. The van der Waals surface area contributed by atoms with Gasteiger partial charge in [-0.2, -0.15) is 4.57 Å². The highest BCUT2D eigenvalue weighted by molar-refractivity contribution is 5.75. The maximum Gasteiger partial charge on any atom is 0.351 e. The van der Waals surface area contributed by atoms with Crippen LogP contribution in [0.2, 0.25) is 0 Å². The molecule has 16 heavy (non-hydrogen) atoms. The fourth-order valence-electron chi connectivity index (χ4n) is 1.55. The molecule has 0 saturated heterocycles. The highest BCUT2D eigenvalue weighted by atomic mass is 16.2. The smallest absolute Gasteiger partial charge is 0.323 e. The topological polar surface area (TPSA) is 99.3 Å². The number of para-hydroxylation sites is 2. The van der Waals surface area contributed by atoms with E-state index in [4.69, 9.17) is 0 Å². The van der Waals surface area contributed by atoms with Gasteiger partial charge in [0, 0.05) is 0 Å². The number of aromatic amines is 3. The minimum Gasteiger partial charge on any atom is -0.323 e. The summed E-state index contributed by atoms with van der Waals surface area (Å²) in [6.45, 7) is 0. The van der Waals surface area contributed by atoms with Crippen LogP contribution in [-0.4, -0.2) is 24.7 Å². The Morgan fingerprint density at radius 2 is 1.75 bits per heavy atom. The highest BCUT2D eigenvalue weighted by Gasteiger charge is 2.09. The van der Waals surface area contributed by atoms with Crippen LogP contribution in [-0.2, 0) is 0 Å². The summed E-state index contributed by atoms with van der Waals surface area (Å²) in [5.41, 5.74) is 0.364. The molecule has 0 unspecified atom stereocenters. The van der Waals surface area contributed by atoms with Gasteiger partial charge in [0.1, 0.15) is 0 Å². The summed E-state index contributed by atoms with van der Waals surface area (Å²) >= 11 is 0. The molecule has 0 saturated carbocycles. The molecule has 0 atom stereocenters. The van der Waals surface area contributed by atoms with Crippen LogP contribution in [0.5, 0.6) is 0 Å².